The number of fused-ring (bicyclic) bond motifs is 1. The minimum atomic E-state index is 0.951. The van der Waals surface area contributed by atoms with Gasteiger partial charge in [0.05, 0.1) is 5.69 Å². The fraction of sp³-hybridized carbons (Fsp3) is 0.125. The zero-order chi connectivity index (χ0) is 6.97. The molecule has 0 spiro atoms. The average molecular weight is 148 g/mol. The fourth-order valence-corrected chi connectivity index (χ4v) is 1.69. The van der Waals surface area contributed by atoms with Gasteiger partial charge in [0.2, 0.25) is 0 Å². The van der Waals surface area contributed by atoms with Crippen LogP contribution in [-0.4, -0.2) is 4.98 Å². The van der Waals surface area contributed by atoms with Crippen LogP contribution in [0.2, 0.25) is 0 Å². The molecule has 0 unspecified atom stereocenters. The summed E-state index contributed by atoms with van der Waals surface area (Å²) in [4.78, 5) is 5.34. The number of nitrogens with zero attached hydrogens (tertiary/aromatic N) is 1. The van der Waals surface area contributed by atoms with Crippen molar-refractivity contribution in [3.05, 3.63) is 34.3 Å². The van der Waals surface area contributed by atoms with Gasteiger partial charge in [-0.2, -0.15) is 0 Å². The number of thiazole rings is 1. The van der Waals surface area contributed by atoms with Gasteiger partial charge < -0.3 is 0 Å². The Labute approximate surface area is 63.7 Å². The van der Waals surface area contributed by atoms with Crippen LogP contribution in [0.25, 0.3) is 6.08 Å². The molecule has 0 amide bonds. The Hall–Kier alpha value is -0.890. The average Bonchev–Trinajstić information content (AvgIpc) is 2.33. The van der Waals surface area contributed by atoms with Crippen molar-refractivity contribution in [3.63, 3.8) is 0 Å². The molecular weight excluding hydrogens is 142 g/mol. The lowest BCUT2D eigenvalue weighted by Crippen LogP contribution is -1.91. The molecule has 0 atom stereocenters. The molecular formula is C8H6NS. The third-order valence-corrected chi connectivity index (χ3v) is 2.27. The minimum absolute atomic E-state index is 0.951. The summed E-state index contributed by atoms with van der Waals surface area (Å²) in [5.74, 6) is 0. The van der Waals surface area contributed by atoms with Crippen LogP contribution in [0.15, 0.2) is 18.2 Å². The summed E-state index contributed by atoms with van der Waals surface area (Å²) < 4.78 is 0. The molecule has 0 bridgehead atoms. The van der Waals surface area contributed by atoms with Crippen molar-refractivity contribution in [2.75, 3.05) is 0 Å². The van der Waals surface area contributed by atoms with Crippen molar-refractivity contribution in [2.24, 2.45) is 0 Å². The molecule has 0 aromatic carbocycles. The maximum Gasteiger partial charge on any atom is 0.153 e. The second kappa shape index (κ2) is 2.06. The van der Waals surface area contributed by atoms with E-state index >= 15 is 0 Å². The molecule has 1 aliphatic rings. The van der Waals surface area contributed by atoms with Crippen molar-refractivity contribution < 1.29 is 0 Å². The van der Waals surface area contributed by atoms with Crippen LogP contribution in [0.3, 0.4) is 0 Å². The number of rotatable bonds is 0. The Kier molecular flexibility index (Phi) is 1.21. The first kappa shape index (κ1) is 5.86. The van der Waals surface area contributed by atoms with Crippen LogP contribution < -0.4 is 0 Å². The van der Waals surface area contributed by atoms with E-state index in [1.807, 2.05) is 12.2 Å². The van der Waals surface area contributed by atoms with Gasteiger partial charge >= 0.3 is 0 Å². The summed E-state index contributed by atoms with van der Waals surface area (Å²) in [5.41, 5.74) is 5.08. The fourth-order valence-electron chi connectivity index (χ4n) is 0.961. The van der Waals surface area contributed by atoms with Gasteiger partial charge in [-0.3, -0.25) is 0 Å². The maximum atomic E-state index is 4.06. The first-order valence-corrected chi connectivity index (χ1v) is 3.89. The van der Waals surface area contributed by atoms with Crippen LogP contribution in [0.4, 0.5) is 0 Å². The van der Waals surface area contributed by atoms with E-state index in [1.54, 1.807) is 11.3 Å². The molecule has 1 nitrogen and oxygen atoms in total. The monoisotopic (exact) mass is 148 g/mol. The van der Waals surface area contributed by atoms with E-state index < -0.39 is 0 Å². The lowest BCUT2D eigenvalue weighted by atomic mass is 10.1. The van der Waals surface area contributed by atoms with E-state index in [1.165, 1.54) is 4.88 Å². The van der Waals surface area contributed by atoms with E-state index in [2.05, 4.69) is 17.1 Å². The Bertz CT molecular complexity index is 296. The van der Waals surface area contributed by atoms with Crippen molar-refractivity contribution in [1.29, 1.82) is 0 Å². The summed E-state index contributed by atoms with van der Waals surface area (Å²) >= 11 is 1.58. The molecule has 1 heterocycles. The predicted molar refractivity (Wildman–Crippen MR) is 42.8 cm³/mol. The largest absolute Gasteiger partial charge is 0.234 e. The molecule has 2 heteroatoms. The van der Waals surface area contributed by atoms with Gasteiger partial charge in [-0.15, -0.1) is 11.3 Å². The van der Waals surface area contributed by atoms with Gasteiger partial charge in [-0.1, -0.05) is 12.7 Å². The SMILES string of the molecule is C=C1C=Cc2n[c]sc2C1. The molecule has 2 rings (SSSR count). The molecule has 1 radical (unpaired) electrons. The van der Waals surface area contributed by atoms with E-state index in [-0.39, 0.29) is 0 Å². The van der Waals surface area contributed by atoms with E-state index in [4.69, 9.17) is 0 Å². The highest BCUT2D eigenvalue weighted by molar-refractivity contribution is 7.09. The summed E-state index contributed by atoms with van der Waals surface area (Å²) in [6.07, 6.45) is 4.96. The van der Waals surface area contributed by atoms with Gasteiger partial charge in [0, 0.05) is 11.3 Å². The topological polar surface area (TPSA) is 12.9 Å². The lowest BCUT2D eigenvalue weighted by Gasteiger charge is -2.03. The Morgan fingerprint density at radius 1 is 1.60 bits per heavy atom. The Morgan fingerprint density at radius 2 is 2.50 bits per heavy atom. The van der Waals surface area contributed by atoms with Crippen LogP contribution in [-0.2, 0) is 6.42 Å². The van der Waals surface area contributed by atoms with Crippen molar-refractivity contribution >= 4 is 17.4 Å². The summed E-state index contributed by atoms with van der Waals surface area (Å²) in [6, 6.07) is 0. The molecule has 0 saturated carbocycles. The maximum absolute atomic E-state index is 4.06. The molecule has 0 aliphatic heterocycles. The Morgan fingerprint density at radius 3 is 3.40 bits per heavy atom. The second-order valence-corrected chi connectivity index (χ2v) is 3.16. The zero-order valence-electron chi connectivity index (χ0n) is 5.42. The smallest absolute Gasteiger partial charge is 0.153 e. The van der Waals surface area contributed by atoms with Crippen molar-refractivity contribution in [2.45, 2.75) is 6.42 Å². The molecule has 0 fully saturated rings. The van der Waals surface area contributed by atoms with Gasteiger partial charge in [0.15, 0.2) is 5.51 Å². The number of hydrogen-bond acceptors (Lipinski definition) is 2. The van der Waals surface area contributed by atoms with Crippen LogP contribution in [0, 0.1) is 5.51 Å². The molecule has 49 valence electrons. The molecule has 0 N–H and O–H groups in total. The number of hydrogen-bond donors (Lipinski definition) is 0. The molecule has 1 aliphatic carbocycles. The minimum Gasteiger partial charge on any atom is -0.234 e. The van der Waals surface area contributed by atoms with Gasteiger partial charge in [0.1, 0.15) is 0 Å². The number of aromatic nitrogens is 1. The summed E-state index contributed by atoms with van der Waals surface area (Å²) in [5, 5.41) is 0. The Balaban J connectivity index is 2.52. The molecule has 1 aromatic rings. The lowest BCUT2D eigenvalue weighted by molar-refractivity contribution is 1.19. The highest BCUT2D eigenvalue weighted by Crippen LogP contribution is 2.23. The normalized spacial score (nSPS) is 15.4. The third-order valence-electron chi connectivity index (χ3n) is 1.49. The summed E-state index contributed by atoms with van der Waals surface area (Å²) in [7, 11) is 0. The summed E-state index contributed by atoms with van der Waals surface area (Å²) in [6.45, 7) is 3.87. The van der Waals surface area contributed by atoms with Crippen LogP contribution in [0.5, 0.6) is 0 Å². The first-order valence-electron chi connectivity index (χ1n) is 3.08. The van der Waals surface area contributed by atoms with E-state index in [9.17, 15) is 0 Å². The van der Waals surface area contributed by atoms with E-state index in [0.29, 0.717) is 0 Å². The zero-order valence-corrected chi connectivity index (χ0v) is 6.24. The van der Waals surface area contributed by atoms with Gasteiger partial charge in [-0.25, -0.2) is 4.98 Å². The standard InChI is InChI=1S/C8H6NS/c1-6-2-3-7-8(4-6)10-5-9-7/h2-3H,1,4H2. The third kappa shape index (κ3) is 0.809. The second-order valence-electron chi connectivity index (χ2n) is 2.28. The quantitative estimate of drug-likeness (QED) is 0.549. The predicted octanol–water partition coefficient (Wildman–Crippen LogP) is 2.07. The van der Waals surface area contributed by atoms with Crippen LogP contribution in [0.1, 0.15) is 10.6 Å². The van der Waals surface area contributed by atoms with Crippen molar-refractivity contribution in [3.8, 4) is 0 Å². The molecule has 0 saturated heterocycles. The highest BCUT2D eigenvalue weighted by Gasteiger charge is 2.08. The van der Waals surface area contributed by atoms with E-state index in [0.717, 1.165) is 17.7 Å². The first-order chi connectivity index (χ1) is 4.86. The molecule has 1 aromatic heterocycles. The van der Waals surface area contributed by atoms with Crippen LogP contribution >= 0.6 is 11.3 Å². The van der Waals surface area contributed by atoms with Gasteiger partial charge in [-0.05, 0) is 11.6 Å². The number of allylic oxidation sites excluding steroid dienone is 2. The highest BCUT2D eigenvalue weighted by atomic mass is 32.1. The van der Waals surface area contributed by atoms with Crippen molar-refractivity contribution in [1.82, 2.24) is 4.98 Å². The molecule has 10 heavy (non-hydrogen) atoms. The van der Waals surface area contributed by atoms with Gasteiger partial charge in [0.25, 0.3) is 0 Å².